The number of benzene rings is 9. The first-order valence-electron chi connectivity index (χ1n) is 25.7. The Balaban J connectivity index is 1.19. The van der Waals surface area contributed by atoms with Gasteiger partial charge in [-0.2, -0.15) is 0 Å². The first-order chi connectivity index (χ1) is 34.0. The lowest BCUT2D eigenvalue weighted by molar-refractivity contribution is 0.475. The Morgan fingerprint density at radius 3 is 1.79 bits per heavy atom. The molecule has 2 aromatic heterocycles. The highest BCUT2D eigenvalue weighted by atomic mass is 16.3. The van der Waals surface area contributed by atoms with Crippen molar-refractivity contribution in [1.29, 1.82) is 0 Å². The molecule has 13 rings (SSSR count). The Morgan fingerprint density at radius 2 is 1.06 bits per heavy atom. The maximum Gasteiger partial charge on any atom is 0.159 e. The molecule has 4 heteroatoms. The number of rotatable bonds is 9. The zero-order chi connectivity index (χ0) is 47.7. The molecule has 0 saturated heterocycles. The minimum atomic E-state index is -0.0598. The summed E-state index contributed by atoms with van der Waals surface area (Å²) in [5.41, 5.74) is 17.7. The van der Waals surface area contributed by atoms with Crippen LogP contribution < -0.4 is 9.80 Å². The van der Waals surface area contributed by atoms with E-state index in [1.807, 2.05) is 0 Å². The molecular formula is C66H60N2O2. The highest BCUT2D eigenvalue weighted by Gasteiger charge is 2.36. The minimum absolute atomic E-state index is 0.0598. The number of nitrogens with zero attached hydrogens (tertiary/aromatic N) is 2. The van der Waals surface area contributed by atoms with Gasteiger partial charge in [0, 0.05) is 49.3 Å². The molecule has 0 aliphatic heterocycles. The summed E-state index contributed by atoms with van der Waals surface area (Å²) in [7, 11) is 0. The van der Waals surface area contributed by atoms with Gasteiger partial charge in [-0.1, -0.05) is 159 Å². The molecule has 0 amide bonds. The Labute approximate surface area is 411 Å². The molecule has 0 bridgehead atoms. The van der Waals surface area contributed by atoms with Crippen molar-refractivity contribution in [3.8, 4) is 0 Å². The summed E-state index contributed by atoms with van der Waals surface area (Å²) < 4.78 is 14.0. The molecule has 2 aliphatic carbocycles. The molecule has 2 aliphatic rings. The van der Waals surface area contributed by atoms with Crippen LogP contribution in [-0.4, -0.2) is 0 Å². The van der Waals surface area contributed by atoms with Gasteiger partial charge in [0.2, 0.25) is 0 Å². The molecule has 0 atom stereocenters. The van der Waals surface area contributed by atoms with E-state index in [0.717, 1.165) is 70.3 Å². The van der Waals surface area contributed by atoms with Gasteiger partial charge in [0.15, 0.2) is 11.3 Å². The summed E-state index contributed by atoms with van der Waals surface area (Å²) in [6, 6.07) is 54.5. The number of hydrogen-bond acceptors (Lipinski definition) is 4. The van der Waals surface area contributed by atoms with Crippen LogP contribution in [0.5, 0.6) is 0 Å². The quantitative estimate of drug-likeness (QED) is 0.135. The zero-order valence-corrected chi connectivity index (χ0v) is 41.7. The first kappa shape index (κ1) is 42.8. The van der Waals surface area contributed by atoms with Gasteiger partial charge >= 0.3 is 0 Å². The Morgan fingerprint density at radius 1 is 0.457 bits per heavy atom. The molecule has 0 spiro atoms. The van der Waals surface area contributed by atoms with Crippen LogP contribution >= 0.6 is 0 Å². The maximum atomic E-state index is 7.01. The predicted octanol–water partition coefficient (Wildman–Crippen LogP) is 19.4. The molecule has 11 aromatic rings. The fraction of sp³-hybridized carbons (Fsp3) is 0.242. The topological polar surface area (TPSA) is 32.8 Å². The maximum absolute atomic E-state index is 7.01. The summed E-state index contributed by atoms with van der Waals surface area (Å²) in [4.78, 5) is 5.15. The third-order valence-corrected chi connectivity index (χ3v) is 16.0. The van der Waals surface area contributed by atoms with Crippen LogP contribution in [0.25, 0.3) is 70.9 Å². The highest BCUT2D eigenvalue weighted by Crippen LogP contribution is 2.56. The van der Waals surface area contributed by atoms with Crippen LogP contribution in [0.15, 0.2) is 161 Å². The average molecular weight is 913 g/mol. The molecule has 0 N–H and O–H groups in total. The predicted molar refractivity (Wildman–Crippen MR) is 297 cm³/mol. The molecule has 4 nitrogen and oxygen atoms in total. The third kappa shape index (κ3) is 6.27. The van der Waals surface area contributed by atoms with Crippen LogP contribution in [0.3, 0.4) is 0 Å². The smallest absolute Gasteiger partial charge is 0.159 e. The van der Waals surface area contributed by atoms with Gasteiger partial charge < -0.3 is 18.6 Å². The second-order valence-corrected chi connectivity index (χ2v) is 21.7. The molecule has 2 heterocycles. The number of hydrogen-bond donors (Lipinski definition) is 0. The van der Waals surface area contributed by atoms with Gasteiger partial charge in [-0.15, -0.1) is 0 Å². The van der Waals surface area contributed by atoms with Crippen LogP contribution in [0.2, 0.25) is 0 Å². The van der Waals surface area contributed by atoms with E-state index in [9.17, 15) is 0 Å². The highest BCUT2D eigenvalue weighted by molar-refractivity contribution is 6.31. The summed E-state index contributed by atoms with van der Waals surface area (Å²) >= 11 is 0. The van der Waals surface area contributed by atoms with Crippen LogP contribution in [0.1, 0.15) is 125 Å². The Kier molecular flexibility index (Phi) is 9.70. The van der Waals surface area contributed by atoms with E-state index in [1.165, 1.54) is 93.8 Å². The van der Waals surface area contributed by atoms with E-state index in [0.29, 0.717) is 5.92 Å². The van der Waals surface area contributed by atoms with Gasteiger partial charge in [0.25, 0.3) is 0 Å². The van der Waals surface area contributed by atoms with Crippen molar-refractivity contribution in [3.63, 3.8) is 0 Å². The molecule has 0 fully saturated rings. The normalized spacial score (nSPS) is 14.6. The zero-order valence-electron chi connectivity index (χ0n) is 41.7. The lowest BCUT2D eigenvalue weighted by atomic mass is 9.70. The number of aryl methyl sites for hydroxylation is 2. The molecule has 70 heavy (non-hydrogen) atoms. The van der Waals surface area contributed by atoms with Crippen molar-refractivity contribution in [3.05, 3.63) is 191 Å². The lowest BCUT2D eigenvalue weighted by Crippen LogP contribution is -2.24. The van der Waals surface area contributed by atoms with E-state index < -0.39 is 0 Å². The van der Waals surface area contributed by atoms with Crippen molar-refractivity contribution < 1.29 is 8.83 Å². The van der Waals surface area contributed by atoms with E-state index in [1.54, 1.807) is 0 Å². The van der Waals surface area contributed by atoms with Gasteiger partial charge in [-0.3, -0.25) is 0 Å². The summed E-state index contributed by atoms with van der Waals surface area (Å²) in [5, 5.41) is 11.4. The number of fused-ring (bicyclic) bond motifs is 6. The SMILES string of the molecule is CC(C)c1ccccc1N(C1=CCCc2c1oc1ccccc21)c1cc(C(C)C)c2ccc3c(N(c4ccccc4C(C)C)c4cccc5c4oc4ccccc45)cc4c5c(cc1c2c35)C(C)(C)CC4. The fourth-order valence-electron chi connectivity index (χ4n) is 12.6. The van der Waals surface area contributed by atoms with E-state index in [2.05, 4.69) is 217 Å². The van der Waals surface area contributed by atoms with Gasteiger partial charge in [0.05, 0.1) is 22.8 Å². The molecule has 346 valence electrons. The molecule has 0 saturated carbocycles. The summed E-state index contributed by atoms with van der Waals surface area (Å²) in [5.74, 6) is 1.82. The number of allylic oxidation sites excluding steroid dienone is 1. The summed E-state index contributed by atoms with van der Waals surface area (Å²) in [6.45, 7) is 19.0. The Hall–Kier alpha value is -7.30. The average Bonchev–Trinajstić information content (AvgIpc) is 3.95. The standard InChI is InChI=1S/C66H60N2O2/c1-38(2)42-19-9-13-25-53(42)67(55-27-17-23-47-44-21-11-15-29-59(44)69-64(47)55)57-35-41-33-34-66(7,8)52-36-51-58(37-50(40(5)6)46-31-32-49(57)63(61(41)52)62(46)51)68(54-26-14-10-20-43(54)39(3)4)56-28-18-24-48-45-22-12-16-30-60(45)70-65(48)56/h9-17,19-23,25-32,35-40H,18,24,33-34H2,1-8H3. The Bertz CT molecular complexity index is 3930. The second-order valence-electron chi connectivity index (χ2n) is 21.7. The molecule has 0 radical (unpaired) electrons. The van der Waals surface area contributed by atoms with Gasteiger partial charge in [-0.05, 0) is 141 Å². The van der Waals surface area contributed by atoms with Crippen molar-refractivity contribution >= 4 is 99.4 Å². The second kappa shape index (κ2) is 15.9. The van der Waals surface area contributed by atoms with Crippen LogP contribution in [0.4, 0.5) is 28.4 Å². The van der Waals surface area contributed by atoms with E-state index >= 15 is 0 Å². The van der Waals surface area contributed by atoms with E-state index in [4.69, 9.17) is 8.83 Å². The van der Waals surface area contributed by atoms with Crippen molar-refractivity contribution in [2.45, 2.75) is 104 Å². The van der Waals surface area contributed by atoms with Gasteiger partial charge in [0.1, 0.15) is 11.2 Å². The van der Waals surface area contributed by atoms with Crippen molar-refractivity contribution in [1.82, 2.24) is 0 Å². The fourth-order valence-corrected chi connectivity index (χ4v) is 12.6. The lowest BCUT2D eigenvalue weighted by Gasteiger charge is -2.38. The van der Waals surface area contributed by atoms with Crippen molar-refractivity contribution in [2.24, 2.45) is 0 Å². The molecule has 9 aromatic carbocycles. The monoisotopic (exact) mass is 912 g/mol. The van der Waals surface area contributed by atoms with Crippen molar-refractivity contribution in [2.75, 3.05) is 9.80 Å². The first-order valence-corrected chi connectivity index (χ1v) is 25.7. The molecular weight excluding hydrogens is 853 g/mol. The van der Waals surface area contributed by atoms with E-state index in [-0.39, 0.29) is 17.3 Å². The van der Waals surface area contributed by atoms with Crippen LogP contribution in [0, 0.1) is 0 Å². The summed E-state index contributed by atoms with van der Waals surface area (Å²) in [6.07, 6.45) is 6.38. The van der Waals surface area contributed by atoms with Crippen LogP contribution in [-0.2, 0) is 18.3 Å². The number of furan rings is 2. The minimum Gasteiger partial charge on any atom is -0.454 e. The third-order valence-electron chi connectivity index (χ3n) is 16.0. The van der Waals surface area contributed by atoms with Gasteiger partial charge in [-0.25, -0.2) is 0 Å². The number of para-hydroxylation sites is 5. The largest absolute Gasteiger partial charge is 0.454 e. The number of anilines is 5. The molecule has 0 unspecified atom stereocenters.